The fourth-order valence-electron chi connectivity index (χ4n) is 1.87. The van der Waals surface area contributed by atoms with E-state index >= 15 is 0 Å². The van der Waals surface area contributed by atoms with Crippen LogP contribution in [0.15, 0.2) is 0 Å². The maximum Gasteiger partial charge on any atom is 2.00 e. The van der Waals surface area contributed by atoms with Gasteiger partial charge in [-0.1, -0.05) is 57.0 Å². The molecular weight excluding hydrogens is 279 g/mol. The molecule has 0 amide bonds. The van der Waals surface area contributed by atoms with Crippen LogP contribution in [0.2, 0.25) is 0 Å². The molecular formula is C16H23FeP+2. The molecule has 0 nitrogen and oxygen atoms in total. The molecule has 0 spiro atoms. The first-order chi connectivity index (χ1) is 7.86. The van der Waals surface area contributed by atoms with Gasteiger partial charge >= 0.3 is 17.1 Å². The molecule has 1 heterocycles. The normalized spacial score (nSPS) is 26.2. The third kappa shape index (κ3) is 4.50. The average molecular weight is 302 g/mol. The summed E-state index contributed by atoms with van der Waals surface area (Å²) in [7, 11) is 1.36. The predicted molar refractivity (Wildman–Crippen MR) is 77.9 cm³/mol. The molecule has 0 atom stereocenters. The van der Waals surface area contributed by atoms with Crippen molar-refractivity contribution in [3.63, 3.8) is 0 Å². The third-order valence-electron chi connectivity index (χ3n) is 3.97. The molecule has 1 saturated carbocycles. The maximum atomic E-state index is 2.22. The van der Waals surface area contributed by atoms with Crippen molar-refractivity contribution in [2.24, 2.45) is 0 Å². The van der Waals surface area contributed by atoms with Gasteiger partial charge in [0.1, 0.15) is 0 Å². The third-order valence-corrected chi connectivity index (χ3v) is 5.04. The largest absolute Gasteiger partial charge is 2.00 e. The van der Waals surface area contributed by atoms with Crippen molar-refractivity contribution >= 4 is 8.58 Å². The van der Waals surface area contributed by atoms with Gasteiger partial charge in [0, 0.05) is 0 Å². The van der Waals surface area contributed by atoms with Crippen molar-refractivity contribution in [3.05, 3.63) is 53.7 Å². The Balaban J connectivity index is 0.000000321. The van der Waals surface area contributed by atoms with E-state index in [1.165, 1.54) is 50.0 Å². The van der Waals surface area contributed by atoms with Crippen molar-refractivity contribution in [3.8, 4) is 0 Å². The zero-order chi connectivity index (χ0) is 13.2. The molecule has 2 fully saturated rings. The van der Waals surface area contributed by atoms with E-state index in [0.717, 1.165) is 0 Å². The smallest absolute Gasteiger partial charge is 0.0715 e. The number of rotatable bonds is 0. The molecule has 0 aromatic heterocycles. The summed E-state index contributed by atoms with van der Waals surface area (Å²) >= 11 is 0. The Morgan fingerprint density at radius 3 is 0.889 bits per heavy atom. The number of hydrogen-bond donors (Lipinski definition) is 0. The van der Waals surface area contributed by atoms with Crippen LogP contribution in [0.3, 0.4) is 0 Å². The Kier molecular flexibility index (Phi) is 8.72. The molecule has 10 radical (unpaired) electrons. The van der Waals surface area contributed by atoms with E-state index in [1.54, 1.807) is 0 Å². The van der Waals surface area contributed by atoms with Crippen LogP contribution in [0, 0.1) is 53.7 Å². The van der Waals surface area contributed by atoms with Crippen LogP contribution in [-0.2, 0) is 17.1 Å². The van der Waals surface area contributed by atoms with Crippen molar-refractivity contribution in [2.45, 2.75) is 48.5 Å². The summed E-state index contributed by atoms with van der Waals surface area (Å²) in [4.78, 5) is 0. The molecule has 2 aliphatic rings. The van der Waals surface area contributed by atoms with Gasteiger partial charge in [0.15, 0.2) is 0 Å². The van der Waals surface area contributed by atoms with Crippen LogP contribution >= 0.6 is 8.58 Å². The van der Waals surface area contributed by atoms with E-state index in [1.807, 2.05) is 0 Å². The van der Waals surface area contributed by atoms with Gasteiger partial charge in [-0.25, -0.2) is 0 Å². The minimum Gasteiger partial charge on any atom is -0.0715 e. The maximum absolute atomic E-state index is 2.22. The molecule has 0 N–H and O–H groups in total. The van der Waals surface area contributed by atoms with Crippen LogP contribution in [0.25, 0.3) is 0 Å². The van der Waals surface area contributed by atoms with E-state index in [0.29, 0.717) is 0 Å². The van der Waals surface area contributed by atoms with Gasteiger partial charge in [0.05, 0.1) is 0 Å². The molecule has 0 bridgehead atoms. The molecule has 2 rings (SSSR count). The topological polar surface area (TPSA) is 0 Å². The van der Waals surface area contributed by atoms with E-state index in [4.69, 9.17) is 0 Å². The summed E-state index contributed by atoms with van der Waals surface area (Å²) in [5.74, 6) is 10.2. The zero-order valence-electron chi connectivity index (χ0n) is 12.5. The first-order valence-corrected chi connectivity index (χ1v) is 7.13. The molecule has 1 aliphatic carbocycles. The summed E-state index contributed by atoms with van der Waals surface area (Å²) in [5, 5.41) is 0. The van der Waals surface area contributed by atoms with Crippen molar-refractivity contribution in [1.82, 2.24) is 0 Å². The monoisotopic (exact) mass is 302 g/mol. The molecule has 18 heavy (non-hydrogen) atoms. The second-order valence-electron chi connectivity index (χ2n) is 4.90. The Morgan fingerprint density at radius 2 is 0.778 bits per heavy atom. The van der Waals surface area contributed by atoms with E-state index in [9.17, 15) is 0 Å². The summed E-state index contributed by atoms with van der Waals surface area (Å²) in [6.07, 6.45) is 4.44. The van der Waals surface area contributed by atoms with Crippen LogP contribution in [0.1, 0.15) is 48.5 Å². The summed E-state index contributed by atoms with van der Waals surface area (Å²) in [6.45, 7) is 15.3. The van der Waals surface area contributed by atoms with Gasteiger partial charge in [-0.2, -0.15) is 0 Å². The molecule has 1 saturated heterocycles. The number of hydrogen-bond acceptors (Lipinski definition) is 0. The van der Waals surface area contributed by atoms with Gasteiger partial charge in [-0.05, 0) is 53.7 Å². The van der Waals surface area contributed by atoms with E-state index in [-0.39, 0.29) is 17.1 Å². The van der Waals surface area contributed by atoms with Crippen LogP contribution < -0.4 is 0 Å². The quantitative estimate of drug-likeness (QED) is 0.413. The minimum absolute atomic E-state index is 0. The Labute approximate surface area is 128 Å². The molecule has 0 aromatic rings. The minimum atomic E-state index is 0. The zero-order valence-corrected chi connectivity index (χ0v) is 14.5. The van der Waals surface area contributed by atoms with Gasteiger partial charge < -0.3 is 0 Å². The van der Waals surface area contributed by atoms with Gasteiger partial charge in [0.2, 0.25) is 0 Å². The molecule has 0 unspecified atom stereocenters. The Hall–Kier alpha value is 0.949. The predicted octanol–water partition coefficient (Wildman–Crippen LogP) is 5.43. The second kappa shape index (κ2) is 8.28. The standard InChI is InChI=1S/C10H15.C6H8P.Fe/c1-6-7(2)9(4)10(5)8(6)3;1-5-3-7-4-6(5)2;/h1-5H3;3-4H,1-2H3;/q;;+2. The van der Waals surface area contributed by atoms with Crippen LogP contribution in [0.5, 0.6) is 0 Å². The summed E-state index contributed by atoms with van der Waals surface area (Å²) in [6, 6.07) is 0. The molecule has 0 aromatic carbocycles. The first kappa shape index (κ1) is 18.9. The van der Waals surface area contributed by atoms with E-state index < -0.39 is 0 Å². The summed E-state index contributed by atoms with van der Waals surface area (Å²) in [5.41, 5.74) is 0. The molecule has 1 aliphatic heterocycles. The SMILES string of the molecule is C[C]1[CH][P][CH][C]1C.C[C]1[C](C)[C](C)[C](C)[C]1C.[Fe+2]. The van der Waals surface area contributed by atoms with Gasteiger partial charge in [0.25, 0.3) is 0 Å². The Morgan fingerprint density at radius 1 is 0.556 bits per heavy atom. The fraction of sp³-hybridized carbons (Fsp3) is 0.438. The van der Waals surface area contributed by atoms with Gasteiger partial charge in [-0.15, -0.1) is 0 Å². The average Bonchev–Trinajstić information content (AvgIpc) is 2.75. The second-order valence-corrected chi connectivity index (χ2v) is 5.71. The Bertz CT molecular complexity index is 178. The van der Waals surface area contributed by atoms with Crippen molar-refractivity contribution in [2.75, 3.05) is 0 Å². The first-order valence-electron chi connectivity index (χ1n) is 6.09. The van der Waals surface area contributed by atoms with E-state index in [2.05, 4.69) is 60.8 Å². The van der Waals surface area contributed by atoms with Gasteiger partial charge in [-0.3, -0.25) is 0 Å². The molecule has 98 valence electrons. The summed E-state index contributed by atoms with van der Waals surface area (Å²) < 4.78 is 0. The fourth-order valence-corrected chi connectivity index (χ4v) is 2.80. The van der Waals surface area contributed by atoms with Crippen molar-refractivity contribution < 1.29 is 17.1 Å². The van der Waals surface area contributed by atoms with Crippen molar-refractivity contribution in [1.29, 1.82) is 0 Å². The molecule has 2 heteroatoms. The van der Waals surface area contributed by atoms with Crippen LogP contribution in [0.4, 0.5) is 0 Å². The van der Waals surface area contributed by atoms with Crippen LogP contribution in [-0.4, -0.2) is 0 Å².